The van der Waals surface area contributed by atoms with E-state index in [1.165, 1.54) is 23.5 Å². The van der Waals surface area contributed by atoms with Crippen molar-refractivity contribution in [1.29, 1.82) is 0 Å². The Bertz CT molecular complexity index is 1920. The summed E-state index contributed by atoms with van der Waals surface area (Å²) in [5.41, 5.74) is 1.01. The minimum atomic E-state index is -1.08. The van der Waals surface area contributed by atoms with Crippen LogP contribution in [0, 0.1) is 0 Å². The summed E-state index contributed by atoms with van der Waals surface area (Å²) in [6.45, 7) is 3.41. The van der Waals surface area contributed by atoms with E-state index in [9.17, 15) is 14.4 Å². The van der Waals surface area contributed by atoms with Crippen molar-refractivity contribution in [3.05, 3.63) is 116 Å². The van der Waals surface area contributed by atoms with Crippen LogP contribution in [0.1, 0.15) is 29.8 Å². The molecule has 1 atom stereocenters. The maximum absolute atomic E-state index is 13.5. The second-order valence-electron chi connectivity index (χ2n) is 9.04. The number of rotatable bonds is 7. The SMILES string of the molecule is CCOC(=O)c1cc2c(=O)n3ccccc3nc2n(Cc2ccccc2)c1=NC(=O)[C@H](C)Oc1ccc(Cl)cc1Cl. The lowest BCUT2D eigenvalue weighted by Gasteiger charge is -2.16. The average molecular weight is 591 g/mol. The lowest BCUT2D eigenvalue weighted by molar-refractivity contribution is -0.124. The van der Waals surface area contributed by atoms with E-state index >= 15 is 0 Å². The van der Waals surface area contributed by atoms with E-state index in [1.807, 2.05) is 30.3 Å². The van der Waals surface area contributed by atoms with Crippen LogP contribution in [-0.2, 0) is 16.1 Å². The van der Waals surface area contributed by atoms with Gasteiger partial charge in [0.2, 0.25) is 0 Å². The van der Waals surface area contributed by atoms with Crippen molar-refractivity contribution in [2.75, 3.05) is 6.61 Å². The van der Waals surface area contributed by atoms with E-state index in [0.717, 1.165) is 5.56 Å². The van der Waals surface area contributed by atoms with Crippen molar-refractivity contribution in [2.45, 2.75) is 26.5 Å². The van der Waals surface area contributed by atoms with Crippen LogP contribution in [0.4, 0.5) is 0 Å². The zero-order valence-electron chi connectivity index (χ0n) is 22.1. The van der Waals surface area contributed by atoms with Crippen LogP contribution in [0.3, 0.4) is 0 Å². The molecular weight excluding hydrogens is 567 g/mol. The first kappa shape index (κ1) is 28.1. The molecule has 5 rings (SSSR count). The second kappa shape index (κ2) is 12.0. The highest BCUT2D eigenvalue weighted by molar-refractivity contribution is 6.35. The number of aromatic nitrogens is 3. The van der Waals surface area contributed by atoms with Crippen molar-refractivity contribution in [1.82, 2.24) is 14.0 Å². The van der Waals surface area contributed by atoms with Gasteiger partial charge in [0.25, 0.3) is 11.5 Å². The highest BCUT2D eigenvalue weighted by Crippen LogP contribution is 2.28. The predicted molar refractivity (Wildman–Crippen MR) is 156 cm³/mol. The van der Waals surface area contributed by atoms with E-state index in [4.69, 9.17) is 37.7 Å². The normalized spacial score (nSPS) is 12.4. The first-order chi connectivity index (χ1) is 19.8. The van der Waals surface area contributed by atoms with Gasteiger partial charge in [0.1, 0.15) is 22.6 Å². The van der Waals surface area contributed by atoms with Crippen LogP contribution in [0.25, 0.3) is 16.7 Å². The van der Waals surface area contributed by atoms with Gasteiger partial charge < -0.3 is 14.0 Å². The molecule has 0 fully saturated rings. The number of amides is 1. The molecule has 0 N–H and O–H groups in total. The lowest BCUT2D eigenvalue weighted by Crippen LogP contribution is -2.35. The Labute approximate surface area is 244 Å². The molecule has 0 aliphatic carbocycles. The lowest BCUT2D eigenvalue weighted by atomic mass is 10.1. The third-order valence-corrected chi connectivity index (χ3v) is 6.76. The van der Waals surface area contributed by atoms with E-state index in [0.29, 0.717) is 10.7 Å². The number of nitrogens with zero attached hydrogens (tertiary/aromatic N) is 4. The number of hydrogen-bond acceptors (Lipinski definition) is 6. The number of benzene rings is 2. The van der Waals surface area contributed by atoms with Crippen LogP contribution >= 0.6 is 23.2 Å². The highest BCUT2D eigenvalue weighted by Gasteiger charge is 2.22. The number of carbonyl (C=O) groups excluding carboxylic acids is 2. The Balaban J connectivity index is 1.76. The minimum absolute atomic E-state index is 0.0189. The molecule has 0 radical (unpaired) electrons. The fourth-order valence-electron chi connectivity index (χ4n) is 4.28. The van der Waals surface area contributed by atoms with Gasteiger partial charge in [-0.25, -0.2) is 9.78 Å². The molecule has 41 heavy (non-hydrogen) atoms. The molecule has 0 spiro atoms. The summed E-state index contributed by atoms with van der Waals surface area (Å²) >= 11 is 12.2. The molecule has 3 heterocycles. The molecule has 0 saturated carbocycles. The molecule has 3 aromatic heterocycles. The summed E-state index contributed by atoms with van der Waals surface area (Å²) in [7, 11) is 0. The fourth-order valence-corrected chi connectivity index (χ4v) is 4.73. The molecule has 0 aliphatic heterocycles. The van der Waals surface area contributed by atoms with Crippen molar-refractivity contribution >= 4 is 51.8 Å². The quantitative estimate of drug-likeness (QED) is 0.193. The summed E-state index contributed by atoms with van der Waals surface area (Å²) in [6.07, 6.45) is 0.512. The summed E-state index contributed by atoms with van der Waals surface area (Å²) < 4.78 is 14.0. The maximum atomic E-state index is 13.5. The maximum Gasteiger partial charge on any atom is 0.341 e. The molecule has 2 aromatic carbocycles. The summed E-state index contributed by atoms with van der Waals surface area (Å²) in [5.74, 6) is -1.19. The molecule has 9 nitrogen and oxygen atoms in total. The first-order valence-electron chi connectivity index (χ1n) is 12.7. The number of esters is 1. The van der Waals surface area contributed by atoms with Crippen molar-refractivity contribution in [3.63, 3.8) is 0 Å². The van der Waals surface area contributed by atoms with E-state index in [2.05, 4.69) is 4.99 Å². The van der Waals surface area contributed by atoms with Gasteiger partial charge in [-0.3, -0.25) is 14.0 Å². The molecular formula is C30H24Cl2N4O5. The molecule has 0 saturated heterocycles. The largest absolute Gasteiger partial charge is 0.479 e. The fraction of sp³-hybridized carbons (Fsp3) is 0.167. The van der Waals surface area contributed by atoms with Gasteiger partial charge in [-0.05, 0) is 55.8 Å². The smallest absolute Gasteiger partial charge is 0.341 e. The number of ether oxygens (including phenoxy) is 2. The number of pyridine rings is 2. The monoisotopic (exact) mass is 590 g/mol. The molecule has 0 unspecified atom stereocenters. The Morgan fingerprint density at radius 2 is 1.78 bits per heavy atom. The van der Waals surface area contributed by atoms with Crippen molar-refractivity contribution in [3.8, 4) is 5.75 Å². The summed E-state index contributed by atoms with van der Waals surface area (Å²) in [4.78, 5) is 49.3. The Morgan fingerprint density at radius 3 is 2.51 bits per heavy atom. The van der Waals surface area contributed by atoms with Crippen LogP contribution in [0.15, 0.2) is 88.8 Å². The molecule has 0 aliphatic rings. The van der Waals surface area contributed by atoms with Crippen molar-refractivity contribution in [2.24, 2.45) is 4.99 Å². The number of hydrogen-bond donors (Lipinski definition) is 0. The van der Waals surface area contributed by atoms with Gasteiger partial charge >= 0.3 is 5.97 Å². The van der Waals surface area contributed by atoms with E-state index in [1.54, 1.807) is 48.0 Å². The molecule has 11 heteroatoms. The van der Waals surface area contributed by atoms with Gasteiger partial charge in [0.05, 0.1) is 23.6 Å². The topological polar surface area (TPSA) is 104 Å². The Hall–Kier alpha value is -4.47. The van der Waals surface area contributed by atoms with Crippen molar-refractivity contribution < 1.29 is 19.1 Å². The Morgan fingerprint density at radius 1 is 1.02 bits per heavy atom. The standard InChI is InChI=1S/C30H24Cl2N4O5/c1-3-40-30(39)22-16-21-26(33-25-11-7-8-14-35(25)29(21)38)36(17-19-9-5-4-6-10-19)27(22)34-28(37)18(2)41-24-13-12-20(31)15-23(24)32/h4-16,18H,3,17H2,1-2H3/t18-/m0/s1. The van der Waals surface area contributed by atoms with Gasteiger partial charge in [0, 0.05) is 11.2 Å². The summed E-state index contributed by atoms with van der Waals surface area (Å²) in [6, 6.07) is 20.5. The summed E-state index contributed by atoms with van der Waals surface area (Å²) in [5, 5.41) is 0.807. The molecule has 208 valence electrons. The first-order valence-corrected chi connectivity index (χ1v) is 13.5. The van der Waals surface area contributed by atoms with E-state index in [-0.39, 0.29) is 51.6 Å². The second-order valence-corrected chi connectivity index (χ2v) is 9.89. The molecule has 1 amide bonds. The van der Waals surface area contributed by atoms with Crippen LogP contribution in [0.2, 0.25) is 10.0 Å². The number of fused-ring (bicyclic) bond motifs is 2. The van der Waals surface area contributed by atoms with Gasteiger partial charge in [0.15, 0.2) is 11.6 Å². The minimum Gasteiger partial charge on any atom is -0.479 e. The van der Waals surface area contributed by atoms with Gasteiger partial charge in [-0.15, -0.1) is 0 Å². The number of carbonyl (C=O) groups is 2. The number of halogens is 2. The molecule has 5 aromatic rings. The third-order valence-electron chi connectivity index (χ3n) is 6.23. The Kier molecular flexibility index (Phi) is 8.19. The highest BCUT2D eigenvalue weighted by atomic mass is 35.5. The van der Waals surface area contributed by atoms with Crippen LogP contribution < -0.4 is 15.8 Å². The average Bonchev–Trinajstić information content (AvgIpc) is 2.96. The zero-order valence-corrected chi connectivity index (χ0v) is 23.6. The van der Waals surface area contributed by atoms with Gasteiger partial charge in [-0.1, -0.05) is 59.6 Å². The van der Waals surface area contributed by atoms with Crippen LogP contribution in [-0.4, -0.2) is 38.5 Å². The zero-order chi connectivity index (χ0) is 29.1. The van der Waals surface area contributed by atoms with Crippen LogP contribution in [0.5, 0.6) is 5.75 Å². The predicted octanol–water partition coefficient (Wildman–Crippen LogP) is 5.08. The van der Waals surface area contributed by atoms with Gasteiger partial charge in [-0.2, -0.15) is 4.99 Å². The third kappa shape index (κ3) is 5.86. The molecule has 0 bridgehead atoms. The van der Waals surface area contributed by atoms with E-state index < -0.39 is 18.0 Å².